The molecule has 3 N–H and O–H groups in total. The lowest BCUT2D eigenvalue weighted by Gasteiger charge is -2.54. The molecule has 3 unspecified atom stereocenters. The lowest BCUT2D eigenvalue weighted by atomic mass is 9.51. The standard InChI is InChI=1S/C17H28N2O2/c1-2-21-14-8-13(18)16(14)19-17(20)15-11-4-9-3-10(6-11)7-12(15)5-9/h9-16H,2-8,18H2,1H3,(H,19,20). The number of carbonyl (C=O) groups excluding carboxylic acids is 1. The molecule has 5 saturated carbocycles. The lowest BCUT2D eigenvalue weighted by Crippen LogP contribution is -2.66. The summed E-state index contributed by atoms with van der Waals surface area (Å²) in [5.74, 6) is 3.64. The Morgan fingerprint density at radius 3 is 2.24 bits per heavy atom. The molecule has 0 aromatic rings. The fraction of sp³-hybridized carbons (Fsp3) is 0.941. The molecule has 0 radical (unpaired) electrons. The Hall–Kier alpha value is -0.610. The predicted molar refractivity (Wildman–Crippen MR) is 80.5 cm³/mol. The van der Waals surface area contributed by atoms with Crippen molar-refractivity contribution in [2.24, 2.45) is 35.3 Å². The highest BCUT2D eigenvalue weighted by Crippen LogP contribution is 2.56. The van der Waals surface area contributed by atoms with Crippen molar-refractivity contribution in [1.29, 1.82) is 0 Å². The zero-order valence-electron chi connectivity index (χ0n) is 13.0. The van der Waals surface area contributed by atoms with Gasteiger partial charge in [-0.1, -0.05) is 0 Å². The van der Waals surface area contributed by atoms with Crippen LogP contribution >= 0.6 is 0 Å². The topological polar surface area (TPSA) is 64.3 Å². The number of hydrogen-bond acceptors (Lipinski definition) is 3. The molecule has 4 heteroatoms. The maximum absolute atomic E-state index is 12.8. The molecule has 5 fully saturated rings. The Morgan fingerprint density at radius 1 is 1.10 bits per heavy atom. The van der Waals surface area contributed by atoms with E-state index in [1.165, 1.54) is 32.1 Å². The SMILES string of the molecule is CCOC1CC(N)C1NC(=O)C1C2CC3CC(C2)CC1C3. The molecule has 4 nitrogen and oxygen atoms in total. The molecule has 0 saturated heterocycles. The third kappa shape index (κ3) is 2.31. The van der Waals surface area contributed by atoms with Crippen LogP contribution in [0.15, 0.2) is 0 Å². The Bertz CT molecular complexity index is 395. The van der Waals surface area contributed by atoms with E-state index in [1.807, 2.05) is 6.92 Å². The van der Waals surface area contributed by atoms with Gasteiger partial charge in [0.05, 0.1) is 12.1 Å². The molecule has 5 rings (SSSR count). The van der Waals surface area contributed by atoms with Gasteiger partial charge >= 0.3 is 0 Å². The Morgan fingerprint density at radius 2 is 1.71 bits per heavy atom. The van der Waals surface area contributed by atoms with Crippen LogP contribution in [0.5, 0.6) is 0 Å². The number of hydrogen-bond donors (Lipinski definition) is 2. The van der Waals surface area contributed by atoms with E-state index in [-0.39, 0.29) is 30.0 Å². The maximum Gasteiger partial charge on any atom is 0.224 e. The van der Waals surface area contributed by atoms with Crippen molar-refractivity contribution in [1.82, 2.24) is 5.32 Å². The van der Waals surface area contributed by atoms with Crippen LogP contribution in [0.25, 0.3) is 0 Å². The largest absolute Gasteiger partial charge is 0.376 e. The minimum Gasteiger partial charge on any atom is -0.376 e. The van der Waals surface area contributed by atoms with Gasteiger partial charge in [-0.15, -0.1) is 0 Å². The second-order valence-electron chi connectivity index (χ2n) is 7.88. The van der Waals surface area contributed by atoms with E-state index in [2.05, 4.69) is 5.32 Å². The molecule has 0 spiro atoms. The summed E-state index contributed by atoms with van der Waals surface area (Å²) in [6.07, 6.45) is 7.59. The van der Waals surface area contributed by atoms with E-state index in [1.54, 1.807) is 0 Å². The minimum absolute atomic E-state index is 0.0367. The van der Waals surface area contributed by atoms with Crippen molar-refractivity contribution in [2.75, 3.05) is 6.61 Å². The van der Waals surface area contributed by atoms with Gasteiger partial charge in [0.15, 0.2) is 0 Å². The molecule has 0 aromatic carbocycles. The highest BCUT2D eigenvalue weighted by molar-refractivity contribution is 5.80. The number of carbonyl (C=O) groups is 1. The van der Waals surface area contributed by atoms with E-state index in [4.69, 9.17) is 10.5 Å². The van der Waals surface area contributed by atoms with Crippen LogP contribution in [0.1, 0.15) is 45.4 Å². The lowest BCUT2D eigenvalue weighted by molar-refractivity contribution is -0.142. The molecule has 3 atom stereocenters. The zero-order valence-corrected chi connectivity index (χ0v) is 13.0. The highest BCUT2D eigenvalue weighted by Gasteiger charge is 2.52. The fourth-order valence-electron chi connectivity index (χ4n) is 5.84. The third-order valence-corrected chi connectivity index (χ3v) is 6.59. The van der Waals surface area contributed by atoms with Crippen molar-refractivity contribution in [3.05, 3.63) is 0 Å². The zero-order chi connectivity index (χ0) is 14.6. The molecule has 4 bridgehead atoms. The first-order valence-electron chi connectivity index (χ1n) is 8.83. The van der Waals surface area contributed by atoms with Crippen LogP contribution in [0.3, 0.4) is 0 Å². The number of nitrogens with one attached hydrogen (secondary N) is 1. The first-order valence-corrected chi connectivity index (χ1v) is 8.83. The van der Waals surface area contributed by atoms with Crippen LogP contribution in [0.4, 0.5) is 0 Å². The van der Waals surface area contributed by atoms with Crippen LogP contribution in [0.2, 0.25) is 0 Å². The van der Waals surface area contributed by atoms with Crippen LogP contribution in [0, 0.1) is 29.6 Å². The van der Waals surface area contributed by atoms with Crippen LogP contribution < -0.4 is 11.1 Å². The summed E-state index contributed by atoms with van der Waals surface area (Å²) < 4.78 is 5.67. The van der Waals surface area contributed by atoms with E-state index in [0.717, 1.165) is 18.3 Å². The molecule has 5 aliphatic carbocycles. The quantitative estimate of drug-likeness (QED) is 0.828. The summed E-state index contributed by atoms with van der Waals surface area (Å²) in [6, 6.07) is 0.108. The third-order valence-electron chi connectivity index (χ3n) is 6.59. The van der Waals surface area contributed by atoms with Gasteiger partial charge in [0, 0.05) is 18.6 Å². The van der Waals surface area contributed by atoms with Crippen LogP contribution in [-0.2, 0) is 9.53 Å². The molecular formula is C17H28N2O2. The fourth-order valence-corrected chi connectivity index (χ4v) is 5.84. The molecule has 21 heavy (non-hydrogen) atoms. The maximum atomic E-state index is 12.8. The summed E-state index contributed by atoms with van der Waals surface area (Å²) in [6.45, 7) is 2.70. The van der Waals surface area contributed by atoms with Gasteiger partial charge in [-0.3, -0.25) is 4.79 Å². The van der Waals surface area contributed by atoms with Crippen LogP contribution in [-0.4, -0.2) is 30.7 Å². The molecule has 1 amide bonds. The second kappa shape index (κ2) is 5.24. The Kier molecular flexibility index (Phi) is 3.49. The number of nitrogens with two attached hydrogens (primary N) is 1. The smallest absolute Gasteiger partial charge is 0.224 e. The average molecular weight is 292 g/mol. The van der Waals surface area contributed by atoms with Crippen molar-refractivity contribution in [2.45, 2.75) is 63.6 Å². The molecular weight excluding hydrogens is 264 g/mol. The Labute approximate surface area is 127 Å². The van der Waals surface area contributed by atoms with E-state index in [9.17, 15) is 4.79 Å². The van der Waals surface area contributed by atoms with Gasteiger partial charge in [0.25, 0.3) is 0 Å². The highest BCUT2D eigenvalue weighted by atomic mass is 16.5. The van der Waals surface area contributed by atoms with E-state index in [0.29, 0.717) is 18.4 Å². The number of amides is 1. The number of rotatable bonds is 4. The van der Waals surface area contributed by atoms with E-state index >= 15 is 0 Å². The summed E-state index contributed by atoms with van der Waals surface area (Å²) in [5.41, 5.74) is 6.07. The van der Waals surface area contributed by atoms with E-state index < -0.39 is 0 Å². The van der Waals surface area contributed by atoms with Crippen molar-refractivity contribution >= 4 is 5.91 Å². The van der Waals surface area contributed by atoms with Gasteiger partial charge < -0.3 is 15.8 Å². The molecule has 5 aliphatic rings. The van der Waals surface area contributed by atoms with Gasteiger partial charge in [-0.2, -0.15) is 0 Å². The summed E-state index contributed by atoms with van der Waals surface area (Å²) in [4.78, 5) is 12.8. The van der Waals surface area contributed by atoms with Gasteiger partial charge in [0.1, 0.15) is 0 Å². The van der Waals surface area contributed by atoms with Crippen molar-refractivity contribution in [3.63, 3.8) is 0 Å². The van der Waals surface area contributed by atoms with Crippen molar-refractivity contribution < 1.29 is 9.53 Å². The molecule has 0 aliphatic heterocycles. The van der Waals surface area contributed by atoms with Gasteiger partial charge in [0.2, 0.25) is 5.91 Å². The normalized spacial score (nSPS) is 50.8. The second-order valence-corrected chi connectivity index (χ2v) is 7.88. The Balaban J connectivity index is 1.41. The first-order chi connectivity index (χ1) is 10.2. The molecule has 0 aromatic heterocycles. The first kappa shape index (κ1) is 14.0. The van der Waals surface area contributed by atoms with Gasteiger partial charge in [-0.25, -0.2) is 0 Å². The number of ether oxygens (including phenoxy) is 1. The van der Waals surface area contributed by atoms with Gasteiger partial charge in [-0.05, 0) is 69.1 Å². The average Bonchev–Trinajstić information content (AvgIpc) is 2.43. The monoisotopic (exact) mass is 292 g/mol. The predicted octanol–water partition coefficient (Wildman–Crippen LogP) is 1.68. The summed E-state index contributed by atoms with van der Waals surface area (Å²) in [5, 5.41) is 3.24. The molecule has 118 valence electrons. The van der Waals surface area contributed by atoms with Crippen molar-refractivity contribution in [3.8, 4) is 0 Å². The minimum atomic E-state index is 0.0367. The summed E-state index contributed by atoms with van der Waals surface area (Å²) >= 11 is 0. The molecule has 0 heterocycles. The summed E-state index contributed by atoms with van der Waals surface area (Å²) in [7, 11) is 0.